The zero-order chi connectivity index (χ0) is 43.0. The maximum Gasteiger partial charge on any atom is 0.238 e. The summed E-state index contributed by atoms with van der Waals surface area (Å²) in [5.41, 5.74) is 10.4. The number of furan rings is 3. The Bertz CT molecular complexity index is 4420. The molecular formula is C59H32N4O3. The van der Waals surface area contributed by atoms with Crippen LogP contribution in [0.2, 0.25) is 0 Å². The SMILES string of the molecule is c1ccc2cc3c(cc2c1)c1cccc(-c2c4ccccc4cc4c2oc2ccccc24)c1n3-c1nc(-c2ccc3c(c2)oc2ccccc23)nc(-c2ccc3c(c2)oc2ccccc23)n1. The van der Waals surface area contributed by atoms with Gasteiger partial charge in [0.2, 0.25) is 5.95 Å². The molecular weight excluding hydrogens is 813 g/mol. The van der Waals surface area contributed by atoms with Gasteiger partial charge in [-0.15, -0.1) is 0 Å². The molecule has 0 radical (unpaired) electrons. The zero-order valence-electron chi connectivity index (χ0n) is 35.0. The predicted octanol–water partition coefficient (Wildman–Crippen LogP) is 16.0. The summed E-state index contributed by atoms with van der Waals surface area (Å²) < 4.78 is 22.0. The summed E-state index contributed by atoms with van der Waals surface area (Å²) in [4.78, 5) is 16.2. The van der Waals surface area contributed by atoms with Gasteiger partial charge in [0.25, 0.3) is 0 Å². The lowest BCUT2D eigenvalue weighted by Crippen LogP contribution is -2.07. The molecule has 306 valence electrons. The molecule has 66 heavy (non-hydrogen) atoms. The minimum Gasteiger partial charge on any atom is -0.456 e. The van der Waals surface area contributed by atoms with Crippen molar-refractivity contribution in [2.75, 3.05) is 0 Å². The first-order chi connectivity index (χ1) is 32.7. The van der Waals surface area contributed by atoms with Gasteiger partial charge in [0, 0.05) is 65.3 Å². The van der Waals surface area contributed by atoms with E-state index in [4.69, 9.17) is 28.2 Å². The van der Waals surface area contributed by atoms with E-state index in [1.165, 1.54) is 0 Å². The molecule has 0 atom stereocenters. The second-order valence-electron chi connectivity index (χ2n) is 17.1. The van der Waals surface area contributed by atoms with Gasteiger partial charge in [0.1, 0.15) is 33.5 Å². The summed E-state index contributed by atoms with van der Waals surface area (Å²) >= 11 is 0. The van der Waals surface area contributed by atoms with Gasteiger partial charge in [-0.2, -0.15) is 9.97 Å². The molecule has 0 amide bonds. The summed E-state index contributed by atoms with van der Waals surface area (Å²) in [6, 6.07) is 67.5. The standard InChI is InChI=1S/C59H32N4O3/c1-2-13-34-30-48-46(28-33(34)12-1)44-19-11-20-45(54-38-15-4-3-14-35(38)29-47-41-18-7-10-23-51(41)66-56(47)54)55(44)63(48)59-61-57(36-24-26-42-39-16-5-8-21-49(39)64-52(42)31-36)60-58(62-59)37-25-27-43-40-17-6-9-22-50(40)65-53(43)32-37/h1-32H. The molecule has 0 aliphatic carbocycles. The maximum atomic E-state index is 6.88. The second-order valence-corrected chi connectivity index (χ2v) is 17.1. The first kappa shape index (κ1) is 35.4. The van der Waals surface area contributed by atoms with E-state index in [2.05, 4.69) is 138 Å². The maximum absolute atomic E-state index is 6.88. The average Bonchev–Trinajstić information content (AvgIpc) is 4.13. The molecule has 0 saturated heterocycles. The van der Waals surface area contributed by atoms with Crippen LogP contribution in [-0.4, -0.2) is 19.5 Å². The Morgan fingerprint density at radius 2 is 0.833 bits per heavy atom. The average molecular weight is 845 g/mol. The number of benzene rings is 10. The van der Waals surface area contributed by atoms with Gasteiger partial charge in [-0.3, -0.25) is 4.57 Å². The third-order valence-electron chi connectivity index (χ3n) is 13.4. The lowest BCUT2D eigenvalue weighted by atomic mass is 9.93. The predicted molar refractivity (Wildman–Crippen MR) is 267 cm³/mol. The highest BCUT2D eigenvalue weighted by molar-refractivity contribution is 6.24. The molecule has 0 unspecified atom stereocenters. The highest BCUT2D eigenvalue weighted by atomic mass is 16.3. The minimum absolute atomic E-state index is 0.480. The second kappa shape index (κ2) is 13.2. The van der Waals surface area contributed by atoms with Crippen LogP contribution in [0.1, 0.15) is 0 Å². The Balaban J connectivity index is 1.07. The third kappa shape index (κ3) is 5.05. The Labute approximate surface area is 374 Å². The van der Waals surface area contributed by atoms with Crippen molar-refractivity contribution >= 4 is 109 Å². The fourth-order valence-corrected chi connectivity index (χ4v) is 10.4. The van der Waals surface area contributed by atoms with Gasteiger partial charge in [-0.1, -0.05) is 133 Å². The summed E-state index contributed by atoms with van der Waals surface area (Å²) in [6.45, 7) is 0. The largest absolute Gasteiger partial charge is 0.456 e. The van der Waals surface area contributed by atoms with Crippen molar-refractivity contribution in [3.05, 3.63) is 194 Å². The Morgan fingerprint density at radius 3 is 1.48 bits per heavy atom. The van der Waals surface area contributed by atoms with Gasteiger partial charge in [-0.25, -0.2) is 4.98 Å². The van der Waals surface area contributed by atoms with E-state index in [9.17, 15) is 0 Å². The van der Waals surface area contributed by atoms with E-state index < -0.39 is 0 Å². The molecule has 0 aliphatic rings. The van der Waals surface area contributed by atoms with Crippen molar-refractivity contribution in [2.24, 2.45) is 0 Å². The number of hydrogen-bond acceptors (Lipinski definition) is 6. The number of aromatic nitrogens is 4. The van der Waals surface area contributed by atoms with Crippen molar-refractivity contribution in [2.45, 2.75) is 0 Å². The van der Waals surface area contributed by atoms with E-state index in [-0.39, 0.29) is 0 Å². The van der Waals surface area contributed by atoms with E-state index in [1.807, 2.05) is 60.7 Å². The fourth-order valence-electron chi connectivity index (χ4n) is 10.4. The van der Waals surface area contributed by atoms with Crippen LogP contribution < -0.4 is 0 Å². The topological polar surface area (TPSA) is 83.0 Å². The highest BCUT2D eigenvalue weighted by Crippen LogP contribution is 2.46. The van der Waals surface area contributed by atoms with E-state index in [0.29, 0.717) is 17.6 Å². The van der Waals surface area contributed by atoms with Gasteiger partial charge in [-0.05, 0) is 82.2 Å². The Morgan fingerprint density at radius 1 is 0.333 bits per heavy atom. The van der Waals surface area contributed by atoms with Crippen molar-refractivity contribution in [3.8, 4) is 39.9 Å². The van der Waals surface area contributed by atoms with Gasteiger partial charge >= 0.3 is 0 Å². The molecule has 0 N–H and O–H groups in total. The Kier molecular flexibility index (Phi) is 7.10. The third-order valence-corrected chi connectivity index (χ3v) is 13.4. The van der Waals surface area contributed by atoms with Crippen molar-refractivity contribution in [1.29, 1.82) is 0 Å². The summed E-state index contributed by atoms with van der Waals surface area (Å²) in [6.07, 6.45) is 0. The lowest BCUT2D eigenvalue weighted by molar-refractivity contribution is 0.668. The molecule has 0 saturated carbocycles. The van der Waals surface area contributed by atoms with Crippen molar-refractivity contribution in [1.82, 2.24) is 19.5 Å². The molecule has 0 aliphatic heterocycles. The van der Waals surface area contributed by atoms with Crippen LogP contribution in [0.5, 0.6) is 0 Å². The van der Waals surface area contributed by atoms with Gasteiger partial charge in [0.15, 0.2) is 11.6 Å². The molecule has 15 aromatic rings. The molecule has 0 fully saturated rings. The first-order valence-corrected chi connectivity index (χ1v) is 22.1. The molecule has 7 heteroatoms. The van der Waals surface area contributed by atoms with E-state index in [0.717, 1.165) is 131 Å². The van der Waals surface area contributed by atoms with Crippen LogP contribution in [0, 0.1) is 0 Å². The molecule has 10 aromatic carbocycles. The monoisotopic (exact) mass is 844 g/mol. The highest BCUT2D eigenvalue weighted by Gasteiger charge is 2.25. The summed E-state index contributed by atoms with van der Waals surface area (Å²) in [5, 5.41) is 13.0. The normalized spacial score (nSPS) is 12.2. The summed E-state index contributed by atoms with van der Waals surface area (Å²) in [5.74, 6) is 1.51. The van der Waals surface area contributed by atoms with E-state index >= 15 is 0 Å². The molecule has 0 spiro atoms. The minimum atomic E-state index is 0.480. The van der Waals surface area contributed by atoms with Gasteiger partial charge < -0.3 is 13.3 Å². The molecule has 15 rings (SSSR count). The first-order valence-electron chi connectivity index (χ1n) is 22.1. The number of rotatable bonds is 4. The Hall–Kier alpha value is -9.07. The molecule has 5 heterocycles. The van der Waals surface area contributed by atoms with Crippen LogP contribution in [0.25, 0.3) is 149 Å². The fraction of sp³-hybridized carbons (Fsp3) is 0. The smallest absolute Gasteiger partial charge is 0.238 e. The van der Waals surface area contributed by atoms with Crippen molar-refractivity contribution in [3.63, 3.8) is 0 Å². The van der Waals surface area contributed by atoms with Gasteiger partial charge in [0.05, 0.1) is 11.0 Å². The van der Waals surface area contributed by atoms with Crippen LogP contribution >= 0.6 is 0 Å². The van der Waals surface area contributed by atoms with Crippen LogP contribution in [-0.2, 0) is 0 Å². The van der Waals surface area contributed by atoms with Crippen LogP contribution in [0.4, 0.5) is 0 Å². The molecule has 7 nitrogen and oxygen atoms in total. The summed E-state index contributed by atoms with van der Waals surface area (Å²) in [7, 11) is 0. The molecule has 0 bridgehead atoms. The van der Waals surface area contributed by atoms with Crippen LogP contribution in [0.3, 0.4) is 0 Å². The number of fused-ring (bicyclic) bond motifs is 14. The molecule has 5 aromatic heterocycles. The quantitative estimate of drug-likeness (QED) is 0.175. The van der Waals surface area contributed by atoms with Crippen LogP contribution in [0.15, 0.2) is 207 Å². The van der Waals surface area contributed by atoms with E-state index in [1.54, 1.807) is 0 Å². The number of nitrogens with zero attached hydrogens (tertiary/aromatic N) is 4. The number of hydrogen-bond donors (Lipinski definition) is 0. The number of para-hydroxylation sites is 4. The van der Waals surface area contributed by atoms with Crippen molar-refractivity contribution < 1.29 is 13.3 Å². The zero-order valence-corrected chi connectivity index (χ0v) is 35.0. The lowest BCUT2D eigenvalue weighted by Gasteiger charge is -2.14.